The smallest absolute Gasteiger partial charge is 0.238 e. The topological polar surface area (TPSA) is 178 Å². The molecular weight excluding hydrogens is 950 g/mol. The molecule has 17 heteroatoms. The van der Waals surface area contributed by atoms with Gasteiger partial charge in [0.25, 0.3) is 0 Å². The zero-order valence-electron chi connectivity index (χ0n) is 43.1. The molecule has 2 aliphatic carbocycles. The Balaban J connectivity index is 0.721. The summed E-state index contributed by atoms with van der Waals surface area (Å²) in [6.45, 7) is 8.30. The number of nitrogens with one attached hydrogen (secondary N) is 3. The molecule has 6 fully saturated rings. The summed E-state index contributed by atoms with van der Waals surface area (Å²) in [6, 6.07) is 19.4. The van der Waals surface area contributed by atoms with E-state index in [1.165, 1.54) is 25.3 Å². The monoisotopic (exact) mass is 1020 g/mol. The molecule has 392 valence electrons. The number of hydrogen-bond acceptors (Lipinski definition) is 11. The highest BCUT2D eigenvalue weighted by atomic mass is 19.1. The van der Waals surface area contributed by atoms with Gasteiger partial charge in [0.05, 0.1) is 40.5 Å². The number of nitrogens with zero attached hydrogens (tertiary/aromatic N) is 8. The van der Waals surface area contributed by atoms with Crippen LogP contribution in [0, 0.1) is 17.7 Å². The van der Waals surface area contributed by atoms with Crippen molar-refractivity contribution in [2.45, 2.75) is 139 Å². The van der Waals surface area contributed by atoms with Crippen LogP contribution < -0.4 is 20.9 Å². The van der Waals surface area contributed by atoms with E-state index >= 15 is 9.18 Å². The van der Waals surface area contributed by atoms with Crippen molar-refractivity contribution in [1.29, 1.82) is 0 Å². The standard InChI is InChI=1S/C58H68FN11O5/c1-35(2)69-34-61-48-32-47(64-53(52(48)69)63-46-9-5-4-8-45(46)59)38-12-16-44-49(28-38)70(42-30-41(31-42)66-23-6-3-7-24-66)57(75)58(44)20-26-67(27-21-58)56(74)39-19-25-68(33-39)55(73)36-10-13-40(14-11-36)62-50-29-37(18-22-60-50)43-15-17-51(71)65-54(43)72/h4-5,8-9,12,16,18,22,28-29,32,34-36,39-43H,3,6-7,10-11,13-15,17,19-21,23-27,30-31,33H2,1-2H3,(H,60,62)(H,63,64)(H,65,71,72)/t36-,39-,40-,41-,42+,43?/m1/s1. The summed E-state index contributed by atoms with van der Waals surface area (Å²) in [6.07, 6.45) is 14.6. The Morgan fingerprint density at radius 2 is 1.57 bits per heavy atom. The molecule has 3 aromatic heterocycles. The highest BCUT2D eigenvalue weighted by Gasteiger charge is 2.56. The molecule has 0 radical (unpaired) electrons. The van der Waals surface area contributed by atoms with Crippen LogP contribution in [0.3, 0.4) is 0 Å². The minimum absolute atomic E-state index is 0.0715. The van der Waals surface area contributed by atoms with Crippen LogP contribution >= 0.6 is 0 Å². The Hall–Kier alpha value is -6.75. The molecular formula is C58H68FN11O5. The number of piperidine rings is 3. The molecule has 0 bridgehead atoms. The van der Waals surface area contributed by atoms with Crippen molar-refractivity contribution in [2.75, 3.05) is 54.8 Å². The number of halogens is 1. The largest absolute Gasteiger partial charge is 0.367 e. The highest BCUT2D eigenvalue weighted by Crippen LogP contribution is 2.52. The zero-order chi connectivity index (χ0) is 51.5. The summed E-state index contributed by atoms with van der Waals surface area (Å²) < 4.78 is 17.2. The lowest BCUT2D eigenvalue weighted by atomic mass is 9.73. The van der Waals surface area contributed by atoms with E-state index in [-0.39, 0.29) is 71.2 Å². The normalized spacial score (nSPS) is 25.9. The SMILES string of the molecule is CC(C)n1cnc2cc(-c3ccc4c(c3)N([C@H]3C[C@@H](N5CCCCC5)C3)C(=O)C43CCN(C(=O)[C@@H]4CCN(C(=O)[C@H]5CC[C@H](Nc6cc(C7CCC(=O)NC7=O)ccn6)CC5)C4)CC3)nc(Nc3ccccc3F)c21. The minimum atomic E-state index is -0.760. The Morgan fingerprint density at radius 1 is 0.800 bits per heavy atom. The molecule has 8 heterocycles. The lowest BCUT2D eigenvalue weighted by Gasteiger charge is -2.48. The molecule has 3 N–H and O–H groups in total. The third-order valence-electron chi connectivity index (χ3n) is 17.9. The molecule has 7 aliphatic rings. The summed E-state index contributed by atoms with van der Waals surface area (Å²) in [4.78, 5) is 90.8. The van der Waals surface area contributed by atoms with Gasteiger partial charge in [-0.05, 0) is 152 Å². The van der Waals surface area contributed by atoms with Gasteiger partial charge in [0, 0.05) is 80.1 Å². The van der Waals surface area contributed by atoms with Gasteiger partial charge in [-0.2, -0.15) is 0 Å². The first-order valence-corrected chi connectivity index (χ1v) is 27.7. The van der Waals surface area contributed by atoms with Gasteiger partial charge in [0.1, 0.15) is 17.2 Å². The second-order valence-electron chi connectivity index (χ2n) is 22.7. The van der Waals surface area contributed by atoms with Crippen LogP contribution in [-0.2, 0) is 29.4 Å². The first-order valence-electron chi connectivity index (χ1n) is 27.7. The fourth-order valence-electron chi connectivity index (χ4n) is 13.6. The van der Waals surface area contributed by atoms with Crippen LogP contribution in [0.15, 0.2) is 73.2 Å². The van der Waals surface area contributed by atoms with Gasteiger partial charge in [-0.25, -0.2) is 19.3 Å². The molecule has 2 atom stereocenters. The third kappa shape index (κ3) is 9.22. The van der Waals surface area contributed by atoms with E-state index in [0.717, 1.165) is 85.0 Å². The van der Waals surface area contributed by atoms with Crippen molar-refractivity contribution in [3.8, 4) is 11.3 Å². The average Bonchev–Trinajstić information content (AvgIpc) is 4.14. The van der Waals surface area contributed by atoms with E-state index in [4.69, 9.17) is 9.97 Å². The van der Waals surface area contributed by atoms with Crippen LogP contribution in [0.5, 0.6) is 0 Å². The molecule has 12 rings (SSSR count). The quantitative estimate of drug-likeness (QED) is 0.109. The number of aromatic nitrogens is 4. The Bertz CT molecular complexity index is 3040. The fourth-order valence-corrected chi connectivity index (χ4v) is 13.6. The Kier molecular flexibility index (Phi) is 13.2. The van der Waals surface area contributed by atoms with E-state index in [2.05, 4.69) is 62.8 Å². The molecule has 2 aromatic carbocycles. The van der Waals surface area contributed by atoms with Crippen molar-refractivity contribution in [3.63, 3.8) is 0 Å². The molecule has 75 heavy (non-hydrogen) atoms. The van der Waals surface area contributed by atoms with Gasteiger partial charge in [-0.15, -0.1) is 0 Å². The number of benzene rings is 2. The molecule has 5 aromatic rings. The molecule has 1 unspecified atom stereocenters. The molecule has 5 amide bonds. The number of carbonyl (C=O) groups is 5. The number of hydrogen-bond donors (Lipinski definition) is 3. The van der Waals surface area contributed by atoms with Crippen molar-refractivity contribution in [3.05, 3.63) is 90.1 Å². The number of amides is 5. The minimum Gasteiger partial charge on any atom is -0.367 e. The van der Waals surface area contributed by atoms with Gasteiger partial charge in [-0.3, -0.25) is 29.3 Å². The van der Waals surface area contributed by atoms with Gasteiger partial charge >= 0.3 is 0 Å². The van der Waals surface area contributed by atoms with Crippen LogP contribution in [0.2, 0.25) is 0 Å². The second-order valence-corrected chi connectivity index (χ2v) is 22.7. The van der Waals surface area contributed by atoms with E-state index in [9.17, 15) is 19.2 Å². The zero-order valence-corrected chi connectivity index (χ0v) is 43.1. The number of imidazole rings is 1. The Labute approximate surface area is 437 Å². The number of fused-ring (bicyclic) bond motifs is 3. The maximum absolute atomic E-state index is 15.3. The van der Waals surface area contributed by atoms with E-state index in [0.29, 0.717) is 87.3 Å². The Morgan fingerprint density at radius 3 is 2.33 bits per heavy atom. The summed E-state index contributed by atoms with van der Waals surface area (Å²) in [7, 11) is 0. The van der Waals surface area contributed by atoms with Gasteiger partial charge in [-0.1, -0.05) is 30.7 Å². The van der Waals surface area contributed by atoms with Crippen molar-refractivity contribution in [2.24, 2.45) is 11.8 Å². The highest BCUT2D eigenvalue weighted by molar-refractivity contribution is 6.09. The number of para-hydroxylation sites is 1. The van der Waals surface area contributed by atoms with Crippen LogP contribution in [-0.4, -0.2) is 121 Å². The molecule has 1 spiro atoms. The van der Waals surface area contributed by atoms with Crippen molar-refractivity contribution < 1.29 is 28.4 Å². The number of carbonyl (C=O) groups excluding carboxylic acids is 5. The lowest BCUT2D eigenvalue weighted by Crippen LogP contribution is -2.58. The van der Waals surface area contributed by atoms with Crippen molar-refractivity contribution >= 4 is 63.6 Å². The number of likely N-dealkylation sites (tertiary alicyclic amines) is 3. The van der Waals surface area contributed by atoms with Crippen LogP contribution in [0.1, 0.15) is 127 Å². The first-order chi connectivity index (χ1) is 36.4. The number of pyridine rings is 2. The predicted molar refractivity (Wildman–Crippen MR) is 284 cm³/mol. The summed E-state index contributed by atoms with van der Waals surface area (Å²) in [5, 5.41) is 9.25. The summed E-state index contributed by atoms with van der Waals surface area (Å²) >= 11 is 0. The van der Waals surface area contributed by atoms with Crippen LogP contribution in [0.4, 0.5) is 27.4 Å². The fraction of sp³-hybridized carbons (Fsp3) is 0.517. The van der Waals surface area contributed by atoms with Crippen molar-refractivity contribution in [1.82, 2.24) is 39.5 Å². The second kappa shape index (κ2) is 20.1. The number of anilines is 4. The molecule has 2 saturated carbocycles. The van der Waals surface area contributed by atoms with Gasteiger partial charge in [0.2, 0.25) is 29.5 Å². The molecule has 4 saturated heterocycles. The van der Waals surface area contributed by atoms with Crippen LogP contribution in [0.25, 0.3) is 22.3 Å². The van der Waals surface area contributed by atoms with E-state index in [1.807, 2.05) is 32.6 Å². The van der Waals surface area contributed by atoms with E-state index in [1.54, 1.807) is 30.7 Å². The summed E-state index contributed by atoms with van der Waals surface area (Å²) in [5.74, 6) is -0.125. The third-order valence-corrected chi connectivity index (χ3v) is 17.9. The van der Waals surface area contributed by atoms with Gasteiger partial charge in [0.15, 0.2) is 5.82 Å². The summed E-state index contributed by atoms with van der Waals surface area (Å²) in [5.41, 5.74) is 5.36. The maximum atomic E-state index is 15.3. The lowest BCUT2D eigenvalue weighted by molar-refractivity contribution is -0.140. The number of imide groups is 1. The average molecular weight is 1020 g/mol. The first kappa shape index (κ1) is 49.1. The van der Waals surface area contributed by atoms with Gasteiger partial charge < -0.3 is 34.8 Å². The number of rotatable bonds is 11. The molecule has 5 aliphatic heterocycles. The van der Waals surface area contributed by atoms with E-state index < -0.39 is 5.41 Å². The predicted octanol–water partition coefficient (Wildman–Crippen LogP) is 8.22. The molecule has 16 nitrogen and oxygen atoms in total. The maximum Gasteiger partial charge on any atom is 0.238 e.